The fourth-order valence-electron chi connectivity index (χ4n) is 1.71. The fraction of sp³-hybridized carbons (Fsp3) is 0.538. The Morgan fingerprint density at radius 2 is 2.00 bits per heavy atom. The molecule has 1 rings (SSSR count). The normalized spacial score (nSPS) is 14.6. The third kappa shape index (κ3) is 5.08. The summed E-state index contributed by atoms with van der Waals surface area (Å²) in [5.74, 6) is 0. The van der Waals surface area contributed by atoms with Crippen molar-refractivity contribution >= 4 is 31.9 Å². The van der Waals surface area contributed by atoms with Crippen LogP contribution in [0.1, 0.15) is 32.4 Å². The lowest BCUT2D eigenvalue weighted by Gasteiger charge is -2.21. The highest BCUT2D eigenvalue weighted by atomic mass is 79.9. The van der Waals surface area contributed by atoms with Crippen molar-refractivity contribution in [1.82, 2.24) is 5.32 Å². The van der Waals surface area contributed by atoms with Crippen LogP contribution in [0.15, 0.2) is 27.1 Å². The lowest BCUT2D eigenvalue weighted by Crippen LogP contribution is -2.33. The summed E-state index contributed by atoms with van der Waals surface area (Å²) in [5, 5.41) is 3.52. The average Bonchev–Trinajstić information content (AvgIpc) is 2.26. The highest BCUT2D eigenvalue weighted by Crippen LogP contribution is 2.26. The van der Waals surface area contributed by atoms with Crippen LogP contribution in [0.5, 0.6) is 0 Å². The van der Waals surface area contributed by atoms with Crippen molar-refractivity contribution in [2.75, 3.05) is 13.2 Å². The van der Waals surface area contributed by atoms with Gasteiger partial charge in [0.1, 0.15) is 0 Å². The molecule has 0 heterocycles. The lowest BCUT2D eigenvalue weighted by atomic mass is 10.1. The zero-order valence-electron chi connectivity index (χ0n) is 10.5. The number of nitrogens with one attached hydrogen (secondary N) is 1. The molecule has 96 valence electrons. The summed E-state index contributed by atoms with van der Waals surface area (Å²) >= 11 is 7.05. The first kappa shape index (κ1) is 15.2. The molecule has 4 heteroatoms. The van der Waals surface area contributed by atoms with Gasteiger partial charge in [-0.25, -0.2) is 0 Å². The molecule has 0 spiro atoms. The Balaban J connectivity index is 2.60. The van der Waals surface area contributed by atoms with Crippen molar-refractivity contribution in [2.24, 2.45) is 0 Å². The largest absolute Gasteiger partial charge is 0.380 e. The highest BCUT2D eigenvalue weighted by molar-refractivity contribution is 9.11. The number of benzene rings is 1. The minimum Gasteiger partial charge on any atom is -0.380 e. The van der Waals surface area contributed by atoms with E-state index in [4.69, 9.17) is 4.74 Å². The Morgan fingerprint density at radius 3 is 2.59 bits per heavy atom. The maximum atomic E-state index is 5.40. The van der Waals surface area contributed by atoms with Crippen LogP contribution in [-0.2, 0) is 4.74 Å². The molecule has 0 saturated carbocycles. The SMILES string of the molecule is CCOCC(C)NC(C)c1ccc(Br)cc1Br. The molecule has 2 unspecified atom stereocenters. The van der Waals surface area contributed by atoms with Gasteiger partial charge in [0.25, 0.3) is 0 Å². The third-order valence-corrected chi connectivity index (χ3v) is 3.72. The van der Waals surface area contributed by atoms with Crippen LogP contribution >= 0.6 is 31.9 Å². The predicted octanol–water partition coefficient (Wildman–Crippen LogP) is 4.29. The van der Waals surface area contributed by atoms with Crippen LogP contribution in [0, 0.1) is 0 Å². The molecule has 1 N–H and O–H groups in total. The van der Waals surface area contributed by atoms with E-state index < -0.39 is 0 Å². The number of ether oxygens (including phenoxy) is 1. The summed E-state index contributed by atoms with van der Waals surface area (Å²) in [4.78, 5) is 0. The standard InChI is InChI=1S/C13H19Br2NO/c1-4-17-8-9(2)16-10(3)12-6-5-11(14)7-13(12)15/h5-7,9-10,16H,4,8H2,1-3H3. The van der Waals surface area contributed by atoms with Gasteiger partial charge in [0.2, 0.25) is 0 Å². The maximum absolute atomic E-state index is 5.40. The predicted molar refractivity (Wildman–Crippen MR) is 79.3 cm³/mol. The van der Waals surface area contributed by atoms with Gasteiger partial charge in [-0.05, 0) is 38.5 Å². The van der Waals surface area contributed by atoms with E-state index in [0.29, 0.717) is 12.1 Å². The second-order valence-electron chi connectivity index (χ2n) is 4.11. The topological polar surface area (TPSA) is 21.3 Å². The van der Waals surface area contributed by atoms with Crippen LogP contribution in [-0.4, -0.2) is 19.3 Å². The van der Waals surface area contributed by atoms with Crippen LogP contribution in [0.2, 0.25) is 0 Å². The van der Waals surface area contributed by atoms with E-state index in [1.165, 1.54) is 5.56 Å². The summed E-state index contributed by atoms with van der Waals surface area (Å²) in [7, 11) is 0. The molecular formula is C13H19Br2NO. The smallest absolute Gasteiger partial charge is 0.0616 e. The average molecular weight is 365 g/mol. The van der Waals surface area contributed by atoms with E-state index in [9.17, 15) is 0 Å². The zero-order chi connectivity index (χ0) is 12.8. The number of halogens is 2. The summed E-state index contributed by atoms with van der Waals surface area (Å²) in [6.45, 7) is 7.83. The Hall–Kier alpha value is 0.1000. The Labute approximate surface area is 120 Å². The van der Waals surface area contributed by atoms with Crippen molar-refractivity contribution in [1.29, 1.82) is 0 Å². The van der Waals surface area contributed by atoms with Gasteiger partial charge in [-0.2, -0.15) is 0 Å². The Morgan fingerprint density at radius 1 is 1.29 bits per heavy atom. The summed E-state index contributed by atoms with van der Waals surface area (Å²) < 4.78 is 7.61. The molecule has 0 aliphatic rings. The molecule has 0 bridgehead atoms. The molecule has 0 radical (unpaired) electrons. The van der Waals surface area contributed by atoms with Gasteiger partial charge in [-0.15, -0.1) is 0 Å². The van der Waals surface area contributed by atoms with E-state index in [1.54, 1.807) is 0 Å². The first-order valence-electron chi connectivity index (χ1n) is 5.83. The number of hydrogen-bond acceptors (Lipinski definition) is 2. The highest BCUT2D eigenvalue weighted by Gasteiger charge is 2.12. The summed E-state index contributed by atoms with van der Waals surface area (Å²) in [6, 6.07) is 6.90. The minimum atomic E-state index is 0.299. The van der Waals surface area contributed by atoms with Crippen molar-refractivity contribution in [2.45, 2.75) is 32.9 Å². The third-order valence-electron chi connectivity index (χ3n) is 2.54. The van der Waals surface area contributed by atoms with Gasteiger partial charge in [-0.3, -0.25) is 0 Å². The van der Waals surface area contributed by atoms with Crippen LogP contribution in [0.3, 0.4) is 0 Å². The van der Waals surface area contributed by atoms with Gasteiger partial charge >= 0.3 is 0 Å². The van der Waals surface area contributed by atoms with E-state index in [1.807, 2.05) is 6.92 Å². The van der Waals surface area contributed by atoms with E-state index >= 15 is 0 Å². The summed E-state index contributed by atoms with van der Waals surface area (Å²) in [5.41, 5.74) is 1.26. The van der Waals surface area contributed by atoms with E-state index in [-0.39, 0.29) is 0 Å². The second kappa shape index (κ2) is 7.52. The van der Waals surface area contributed by atoms with Crippen molar-refractivity contribution < 1.29 is 4.74 Å². The van der Waals surface area contributed by atoms with Gasteiger partial charge in [0, 0.05) is 27.6 Å². The quantitative estimate of drug-likeness (QED) is 0.812. The maximum Gasteiger partial charge on any atom is 0.0616 e. The fourth-order valence-corrected chi connectivity index (χ4v) is 3.10. The second-order valence-corrected chi connectivity index (χ2v) is 5.88. The molecular weight excluding hydrogens is 346 g/mol. The molecule has 17 heavy (non-hydrogen) atoms. The number of hydrogen-bond donors (Lipinski definition) is 1. The lowest BCUT2D eigenvalue weighted by molar-refractivity contribution is 0.124. The molecule has 0 amide bonds. The minimum absolute atomic E-state index is 0.299. The first-order chi connectivity index (χ1) is 8.04. The van der Waals surface area contributed by atoms with Crippen LogP contribution in [0.4, 0.5) is 0 Å². The Bertz CT molecular complexity index is 357. The molecule has 0 aliphatic heterocycles. The van der Waals surface area contributed by atoms with Crippen LogP contribution in [0.25, 0.3) is 0 Å². The van der Waals surface area contributed by atoms with Gasteiger partial charge in [0.05, 0.1) is 6.61 Å². The van der Waals surface area contributed by atoms with E-state index in [2.05, 4.69) is 69.2 Å². The first-order valence-corrected chi connectivity index (χ1v) is 7.42. The van der Waals surface area contributed by atoms with Gasteiger partial charge < -0.3 is 10.1 Å². The van der Waals surface area contributed by atoms with Crippen molar-refractivity contribution in [3.05, 3.63) is 32.7 Å². The molecule has 2 atom stereocenters. The molecule has 0 saturated heterocycles. The zero-order valence-corrected chi connectivity index (χ0v) is 13.6. The molecule has 1 aromatic carbocycles. The summed E-state index contributed by atoms with van der Waals surface area (Å²) in [6.07, 6.45) is 0. The monoisotopic (exact) mass is 363 g/mol. The molecule has 0 aromatic heterocycles. The molecule has 0 fully saturated rings. The number of rotatable bonds is 6. The molecule has 0 aliphatic carbocycles. The Kier molecular flexibility index (Phi) is 6.70. The van der Waals surface area contributed by atoms with Crippen LogP contribution < -0.4 is 5.32 Å². The molecule has 2 nitrogen and oxygen atoms in total. The van der Waals surface area contributed by atoms with E-state index in [0.717, 1.165) is 22.2 Å². The van der Waals surface area contributed by atoms with Gasteiger partial charge in [-0.1, -0.05) is 37.9 Å². The van der Waals surface area contributed by atoms with Gasteiger partial charge in [0.15, 0.2) is 0 Å². The van der Waals surface area contributed by atoms with Crippen molar-refractivity contribution in [3.63, 3.8) is 0 Å². The van der Waals surface area contributed by atoms with Crippen molar-refractivity contribution in [3.8, 4) is 0 Å². The molecule has 1 aromatic rings.